The Balaban J connectivity index is 2.34. The summed E-state index contributed by atoms with van der Waals surface area (Å²) in [6, 6.07) is 5.04. The van der Waals surface area contributed by atoms with Gasteiger partial charge in [-0.15, -0.1) is 0 Å². The van der Waals surface area contributed by atoms with Crippen molar-refractivity contribution in [1.82, 2.24) is 9.97 Å². The molecule has 0 aliphatic carbocycles. The quantitative estimate of drug-likeness (QED) is 0.670. The SMILES string of the molecule is Nc1ccc(Cl)cc1Oc1ncncc1I. The van der Waals surface area contributed by atoms with Gasteiger partial charge in [0.2, 0.25) is 5.88 Å². The zero-order chi connectivity index (χ0) is 11.5. The molecule has 0 spiro atoms. The molecule has 0 fully saturated rings. The standard InChI is InChI=1S/C10H7ClIN3O/c11-6-1-2-8(13)9(3-6)16-10-7(12)4-14-5-15-10/h1-5H,13H2. The number of ether oxygens (including phenoxy) is 1. The number of rotatable bonds is 2. The Bertz CT molecular complexity index is 521. The van der Waals surface area contributed by atoms with Gasteiger partial charge in [-0.1, -0.05) is 11.6 Å². The molecule has 0 aliphatic rings. The van der Waals surface area contributed by atoms with Crippen molar-refractivity contribution in [2.24, 2.45) is 0 Å². The Labute approximate surface area is 111 Å². The molecular weight excluding hydrogens is 340 g/mol. The fraction of sp³-hybridized carbons (Fsp3) is 0. The summed E-state index contributed by atoms with van der Waals surface area (Å²) in [5.41, 5.74) is 6.27. The van der Waals surface area contributed by atoms with E-state index in [1.54, 1.807) is 24.4 Å². The van der Waals surface area contributed by atoms with Crippen LogP contribution in [-0.2, 0) is 0 Å². The molecule has 0 saturated carbocycles. The zero-order valence-corrected chi connectivity index (χ0v) is 10.9. The highest BCUT2D eigenvalue weighted by atomic mass is 127. The molecule has 82 valence electrons. The summed E-state index contributed by atoms with van der Waals surface area (Å²) in [7, 11) is 0. The van der Waals surface area contributed by atoms with Crippen molar-refractivity contribution in [2.45, 2.75) is 0 Å². The fourth-order valence-electron chi connectivity index (χ4n) is 1.08. The summed E-state index contributed by atoms with van der Waals surface area (Å²) in [4.78, 5) is 7.88. The van der Waals surface area contributed by atoms with Gasteiger partial charge in [-0.25, -0.2) is 9.97 Å². The summed E-state index contributed by atoms with van der Waals surface area (Å²) in [5, 5.41) is 0.563. The average molecular weight is 348 g/mol. The number of anilines is 1. The maximum atomic E-state index is 5.85. The second-order valence-electron chi connectivity index (χ2n) is 2.96. The van der Waals surface area contributed by atoms with Gasteiger partial charge in [0.1, 0.15) is 6.33 Å². The first-order valence-electron chi connectivity index (χ1n) is 4.35. The monoisotopic (exact) mass is 347 g/mol. The van der Waals surface area contributed by atoms with E-state index in [1.165, 1.54) is 6.33 Å². The van der Waals surface area contributed by atoms with E-state index in [-0.39, 0.29) is 0 Å². The number of nitrogens with zero attached hydrogens (tertiary/aromatic N) is 2. The summed E-state index contributed by atoms with van der Waals surface area (Å²) in [6.07, 6.45) is 3.07. The van der Waals surface area contributed by atoms with Crippen molar-refractivity contribution in [2.75, 3.05) is 5.73 Å². The van der Waals surface area contributed by atoms with E-state index in [9.17, 15) is 0 Å². The van der Waals surface area contributed by atoms with Crippen molar-refractivity contribution >= 4 is 39.9 Å². The van der Waals surface area contributed by atoms with Gasteiger partial charge in [-0.2, -0.15) is 0 Å². The molecule has 2 rings (SSSR count). The van der Waals surface area contributed by atoms with Gasteiger partial charge in [-0.3, -0.25) is 0 Å². The van der Waals surface area contributed by atoms with E-state index in [4.69, 9.17) is 22.1 Å². The van der Waals surface area contributed by atoms with Gasteiger partial charge in [0, 0.05) is 17.3 Å². The lowest BCUT2D eigenvalue weighted by Gasteiger charge is -2.08. The Morgan fingerprint density at radius 1 is 1.38 bits per heavy atom. The second kappa shape index (κ2) is 4.84. The molecule has 0 unspecified atom stereocenters. The van der Waals surface area contributed by atoms with Crippen LogP contribution in [0.25, 0.3) is 0 Å². The lowest BCUT2D eigenvalue weighted by Crippen LogP contribution is -1.95. The second-order valence-corrected chi connectivity index (χ2v) is 4.56. The molecule has 2 aromatic rings. The Kier molecular flexibility index (Phi) is 3.45. The third kappa shape index (κ3) is 2.53. The van der Waals surface area contributed by atoms with E-state index in [0.717, 1.165) is 3.57 Å². The number of nitrogen functional groups attached to an aromatic ring is 1. The van der Waals surface area contributed by atoms with Gasteiger partial charge in [0.05, 0.1) is 9.26 Å². The van der Waals surface area contributed by atoms with Crippen LogP contribution in [0.3, 0.4) is 0 Å². The molecule has 1 aromatic heterocycles. The summed E-state index contributed by atoms with van der Waals surface area (Å²) in [5.74, 6) is 0.952. The van der Waals surface area contributed by atoms with Crippen LogP contribution in [0.15, 0.2) is 30.7 Å². The molecule has 1 aromatic carbocycles. The Morgan fingerprint density at radius 3 is 2.94 bits per heavy atom. The first-order chi connectivity index (χ1) is 7.66. The van der Waals surface area contributed by atoms with Gasteiger partial charge in [-0.05, 0) is 34.7 Å². The summed E-state index contributed by atoms with van der Waals surface area (Å²) >= 11 is 7.94. The normalized spacial score (nSPS) is 10.1. The molecule has 4 nitrogen and oxygen atoms in total. The minimum atomic E-state index is 0.463. The molecule has 0 radical (unpaired) electrons. The fourth-order valence-corrected chi connectivity index (χ4v) is 1.65. The van der Waals surface area contributed by atoms with Gasteiger partial charge < -0.3 is 10.5 Å². The van der Waals surface area contributed by atoms with E-state index in [1.807, 2.05) is 0 Å². The van der Waals surface area contributed by atoms with E-state index in [0.29, 0.717) is 22.3 Å². The molecule has 0 aliphatic heterocycles. The lowest BCUT2D eigenvalue weighted by molar-refractivity contribution is 0.460. The van der Waals surface area contributed by atoms with Crippen LogP contribution in [0.5, 0.6) is 11.6 Å². The number of benzene rings is 1. The number of nitrogens with two attached hydrogens (primary N) is 1. The van der Waals surface area contributed by atoms with Crippen molar-refractivity contribution in [3.63, 3.8) is 0 Å². The van der Waals surface area contributed by atoms with Gasteiger partial charge in [0.15, 0.2) is 5.75 Å². The highest BCUT2D eigenvalue weighted by Crippen LogP contribution is 2.30. The Morgan fingerprint density at radius 2 is 2.19 bits per heavy atom. The molecular formula is C10H7ClIN3O. The molecule has 16 heavy (non-hydrogen) atoms. The maximum absolute atomic E-state index is 5.85. The zero-order valence-electron chi connectivity index (χ0n) is 8.02. The largest absolute Gasteiger partial charge is 0.436 e. The summed E-state index contributed by atoms with van der Waals surface area (Å²) in [6.45, 7) is 0. The van der Waals surface area contributed by atoms with Crippen LogP contribution in [0, 0.1) is 3.57 Å². The van der Waals surface area contributed by atoms with Crippen molar-refractivity contribution in [3.8, 4) is 11.6 Å². The number of halogens is 2. The first-order valence-corrected chi connectivity index (χ1v) is 5.81. The third-order valence-corrected chi connectivity index (χ3v) is 2.79. The Hall–Kier alpha value is -1.08. The number of hydrogen-bond donors (Lipinski definition) is 1. The van der Waals surface area contributed by atoms with Crippen LogP contribution in [0.1, 0.15) is 0 Å². The van der Waals surface area contributed by atoms with Crippen LogP contribution < -0.4 is 10.5 Å². The predicted molar refractivity (Wildman–Crippen MR) is 70.7 cm³/mol. The van der Waals surface area contributed by atoms with Crippen LogP contribution in [-0.4, -0.2) is 9.97 Å². The molecule has 0 amide bonds. The van der Waals surface area contributed by atoms with Crippen LogP contribution in [0.2, 0.25) is 5.02 Å². The molecule has 0 saturated heterocycles. The van der Waals surface area contributed by atoms with E-state index >= 15 is 0 Å². The molecule has 6 heteroatoms. The lowest BCUT2D eigenvalue weighted by atomic mass is 10.3. The molecule has 1 heterocycles. The molecule has 0 bridgehead atoms. The van der Waals surface area contributed by atoms with Crippen molar-refractivity contribution < 1.29 is 4.74 Å². The van der Waals surface area contributed by atoms with Crippen LogP contribution in [0.4, 0.5) is 5.69 Å². The van der Waals surface area contributed by atoms with Crippen LogP contribution >= 0.6 is 34.2 Å². The average Bonchev–Trinajstić information content (AvgIpc) is 2.27. The predicted octanol–water partition coefficient (Wildman–Crippen LogP) is 3.11. The van der Waals surface area contributed by atoms with Gasteiger partial charge >= 0.3 is 0 Å². The van der Waals surface area contributed by atoms with E-state index < -0.39 is 0 Å². The maximum Gasteiger partial charge on any atom is 0.235 e. The van der Waals surface area contributed by atoms with Gasteiger partial charge in [0.25, 0.3) is 0 Å². The topological polar surface area (TPSA) is 61.0 Å². The smallest absolute Gasteiger partial charge is 0.235 e. The molecule has 0 atom stereocenters. The van der Waals surface area contributed by atoms with Crippen molar-refractivity contribution in [3.05, 3.63) is 39.3 Å². The minimum Gasteiger partial charge on any atom is -0.436 e. The summed E-state index contributed by atoms with van der Waals surface area (Å²) < 4.78 is 6.36. The molecule has 2 N–H and O–H groups in total. The third-order valence-electron chi connectivity index (χ3n) is 1.82. The minimum absolute atomic E-state index is 0.463. The highest BCUT2D eigenvalue weighted by Gasteiger charge is 2.07. The number of aromatic nitrogens is 2. The van der Waals surface area contributed by atoms with Crippen molar-refractivity contribution in [1.29, 1.82) is 0 Å². The van der Waals surface area contributed by atoms with E-state index in [2.05, 4.69) is 32.6 Å². The first kappa shape index (κ1) is 11.4. The number of hydrogen-bond acceptors (Lipinski definition) is 4. The highest BCUT2D eigenvalue weighted by molar-refractivity contribution is 14.1.